The molecule has 0 heterocycles. The maximum Gasteiger partial charge on any atom is 0.344 e. The van der Waals surface area contributed by atoms with Gasteiger partial charge in [-0.05, 0) is 42.2 Å². The Balaban J connectivity index is 2.28. The summed E-state index contributed by atoms with van der Waals surface area (Å²) in [5.41, 5.74) is 2.33. The molecule has 5 heteroatoms. The average Bonchev–Trinajstić information content (AvgIpc) is 2.55. The van der Waals surface area contributed by atoms with E-state index in [-0.39, 0.29) is 0 Å². The minimum absolute atomic E-state index is 0.374. The summed E-state index contributed by atoms with van der Waals surface area (Å²) in [6.45, 7) is 3.57. The first-order chi connectivity index (χ1) is 11.1. The van der Waals surface area contributed by atoms with E-state index in [0.29, 0.717) is 12.2 Å². The van der Waals surface area contributed by atoms with Gasteiger partial charge in [-0.3, -0.25) is 0 Å². The molecule has 0 aliphatic carbocycles. The molecule has 0 aromatic heterocycles. The molecule has 2 unspecified atom stereocenters. The van der Waals surface area contributed by atoms with E-state index >= 15 is 0 Å². The zero-order valence-electron chi connectivity index (χ0n) is 13.1. The summed E-state index contributed by atoms with van der Waals surface area (Å²) in [6.07, 6.45) is -0.507. The third kappa shape index (κ3) is 3.94. The molecule has 0 aliphatic rings. The molecule has 2 aromatic carbocycles. The largest absolute Gasteiger partial charge is 0.479 e. The van der Waals surface area contributed by atoms with Gasteiger partial charge in [-0.2, -0.15) is 0 Å². The smallest absolute Gasteiger partial charge is 0.344 e. The summed E-state index contributed by atoms with van der Waals surface area (Å²) >= 11 is 0. The molecule has 0 aliphatic heterocycles. The Kier molecular flexibility index (Phi) is 5.46. The van der Waals surface area contributed by atoms with Crippen molar-refractivity contribution in [1.82, 2.24) is 0 Å². The number of ether oxygens (including phenoxy) is 1. The number of hydrogen-bond donors (Lipinski definition) is 1. The maximum atomic E-state index is 11.3. The Hall–Kier alpha value is -2.69. The van der Waals surface area contributed by atoms with E-state index in [1.165, 1.54) is 0 Å². The van der Waals surface area contributed by atoms with Crippen LogP contribution in [0.5, 0.6) is 5.75 Å². The SMILES string of the molecule is CCC(Oc1ccc(C(N=O)c2ccccc2)cc1C)C(=O)O. The van der Waals surface area contributed by atoms with Crippen LogP contribution in [0.25, 0.3) is 0 Å². The van der Waals surface area contributed by atoms with Gasteiger partial charge in [0.2, 0.25) is 0 Å². The van der Waals surface area contributed by atoms with E-state index in [1.54, 1.807) is 19.1 Å². The molecule has 2 atom stereocenters. The number of carboxylic acids is 1. The molecule has 0 saturated carbocycles. The zero-order valence-corrected chi connectivity index (χ0v) is 13.1. The molecular weight excluding hydrogens is 294 g/mol. The third-order valence-corrected chi connectivity index (χ3v) is 3.65. The van der Waals surface area contributed by atoms with Crippen molar-refractivity contribution in [3.8, 4) is 5.75 Å². The number of rotatable bonds is 7. The molecule has 0 radical (unpaired) electrons. The summed E-state index contributed by atoms with van der Waals surface area (Å²) in [5.74, 6) is -0.492. The van der Waals surface area contributed by atoms with Gasteiger partial charge in [0.1, 0.15) is 11.8 Å². The Labute approximate surface area is 134 Å². The third-order valence-electron chi connectivity index (χ3n) is 3.65. The highest BCUT2D eigenvalue weighted by Crippen LogP contribution is 2.30. The molecular formula is C18H19NO4. The Morgan fingerprint density at radius 1 is 1.17 bits per heavy atom. The quantitative estimate of drug-likeness (QED) is 0.781. The number of benzene rings is 2. The van der Waals surface area contributed by atoms with E-state index < -0.39 is 18.1 Å². The molecule has 0 spiro atoms. The molecule has 0 amide bonds. The van der Waals surface area contributed by atoms with Crippen molar-refractivity contribution in [2.45, 2.75) is 32.4 Å². The van der Waals surface area contributed by atoms with Crippen molar-refractivity contribution in [2.75, 3.05) is 0 Å². The molecule has 1 N–H and O–H groups in total. The van der Waals surface area contributed by atoms with Crippen molar-refractivity contribution in [3.63, 3.8) is 0 Å². The van der Waals surface area contributed by atoms with Gasteiger partial charge in [0.05, 0.1) is 0 Å². The maximum absolute atomic E-state index is 11.3. The number of nitroso groups, excluding NO2 is 1. The normalized spacial score (nSPS) is 13.1. The minimum atomic E-state index is -0.993. The van der Waals surface area contributed by atoms with Gasteiger partial charge in [-0.25, -0.2) is 4.79 Å². The molecule has 0 fully saturated rings. The number of aryl methyl sites for hydroxylation is 1. The molecule has 120 valence electrons. The standard InChI is InChI=1S/C18H19NO4/c1-3-15(18(20)21)23-16-10-9-14(11-12(16)2)17(19-22)13-7-5-4-6-8-13/h4-11,15,17H,3H2,1-2H3,(H,20,21). The van der Waals surface area contributed by atoms with Crippen LogP contribution in [0.3, 0.4) is 0 Å². The lowest BCUT2D eigenvalue weighted by Crippen LogP contribution is -2.26. The first kappa shape index (κ1) is 16.7. The Morgan fingerprint density at radius 2 is 1.87 bits per heavy atom. The topological polar surface area (TPSA) is 76.0 Å². The van der Waals surface area contributed by atoms with Crippen LogP contribution in [-0.4, -0.2) is 17.2 Å². The van der Waals surface area contributed by atoms with E-state index in [4.69, 9.17) is 9.84 Å². The van der Waals surface area contributed by atoms with Crippen molar-refractivity contribution in [2.24, 2.45) is 5.18 Å². The lowest BCUT2D eigenvalue weighted by atomic mass is 9.98. The zero-order chi connectivity index (χ0) is 16.8. The van der Waals surface area contributed by atoms with Crippen LogP contribution in [0.4, 0.5) is 0 Å². The Morgan fingerprint density at radius 3 is 2.39 bits per heavy atom. The lowest BCUT2D eigenvalue weighted by molar-refractivity contribution is -0.145. The second kappa shape index (κ2) is 7.54. The summed E-state index contributed by atoms with van der Waals surface area (Å²) in [7, 11) is 0. The first-order valence-electron chi connectivity index (χ1n) is 7.44. The predicted octanol–water partition coefficient (Wildman–Crippen LogP) is 4.09. The Bertz CT molecular complexity index is 685. The summed E-state index contributed by atoms with van der Waals surface area (Å²) in [6, 6.07) is 13.9. The van der Waals surface area contributed by atoms with Gasteiger partial charge in [0.15, 0.2) is 6.10 Å². The van der Waals surface area contributed by atoms with E-state index in [1.807, 2.05) is 43.3 Å². The van der Waals surface area contributed by atoms with Crippen LogP contribution in [0.1, 0.15) is 36.1 Å². The van der Waals surface area contributed by atoms with E-state index in [9.17, 15) is 9.70 Å². The van der Waals surface area contributed by atoms with Crippen LogP contribution in [0.15, 0.2) is 53.7 Å². The van der Waals surface area contributed by atoms with Crippen LogP contribution < -0.4 is 4.74 Å². The summed E-state index contributed by atoms with van der Waals surface area (Å²) in [5, 5.41) is 12.3. The summed E-state index contributed by atoms with van der Waals surface area (Å²) < 4.78 is 5.52. The summed E-state index contributed by atoms with van der Waals surface area (Å²) in [4.78, 5) is 22.3. The van der Waals surface area contributed by atoms with Crippen molar-refractivity contribution in [1.29, 1.82) is 0 Å². The van der Waals surface area contributed by atoms with Gasteiger partial charge in [0.25, 0.3) is 0 Å². The molecule has 2 rings (SSSR count). The molecule has 0 bridgehead atoms. The van der Waals surface area contributed by atoms with Gasteiger partial charge < -0.3 is 9.84 Å². The van der Waals surface area contributed by atoms with Crippen LogP contribution in [-0.2, 0) is 4.79 Å². The molecule has 5 nitrogen and oxygen atoms in total. The van der Waals surface area contributed by atoms with E-state index in [2.05, 4.69) is 5.18 Å². The fourth-order valence-electron chi connectivity index (χ4n) is 2.39. The van der Waals surface area contributed by atoms with Crippen molar-refractivity contribution >= 4 is 5.97 Å². The second-order valence-electron chi connectivity index (χ2n) is 5.30. The minimum Gasteiger partial charge on any atom is -0.479 e. The first-order valence-corrected chi connectivity index (χ1v) is 7.44. The van der Waals surface area contributed by atoms with Crippen LogP contribution in [0.2, 0.25) is 0 Å². The highest BCUT2D eigenvalue weighted by molar-refractivity contribution is 5.72. The lowest BCUT2D eigenvalue weighted by Gasteiger charge is -2.17. The predicted molar refractivity (Wildman–Crippen MR) is 87.6 cm³/mol. The van der Waals surface area contributed by atoms with Gasteiger partial charge in [-0.1, -0.05) is 48.5 Å². The second-order valence-corrected chi connectivity index (χ2v) is 5.30. The van der Waals surface area contributed by atoms with E-state index in [0.717, 1.165) is 16.7 Å². The average molecular weight is 313 g/mol. The van der Waals surface area contributed by atoms with Gasteiger partial charge in [-0.15, -0.1) is 4.91 Å². The molecule has 2 aromatic rings. The highest BCUT2D eigenvalue weighted by atomic mass is 16.5. The number of carboxylic acid groups (broad SMARTS) is 1. The highest BCUT2D eigenvalue weighted by Gasteiger charge is 2.19. The molecule has 0 saturated heterocycles. The van der Waals surface area contributed by atoms with Crippen LogP contribution >= 0.6 is 0 Å². The van der Waals surface area contributed by atoms with Gasteiger partial charge >= 0.3 is 5.97 Å². The number of nitrogens with zero attached hydrogens (tertiary/aromatic N) is 1. The number of aliphatic carboxylic acids is 1. The van der Waals surface area contributed by atoms with Crippen molar-refractivity contribution in [3.05, 3.63) is 70.1 Å². The fraction of sp³-hybridized carbons (Fsp3) is 0.278. The fourth-order valence-corrected chi connectivity index (χ4v) is 2.39. The number of carbonyl (C=O) groups is 1. The monoisotopic (exact) mass is 313 g/mol. The van der Waals surface area contributed by atoms with Crippen LogP contribution in [0, 0.1) is 11.8 Å². The van der Waals surface area contributed by atoms with Gasteiger partial charge in [0, 0.05) is 0 Å². The van der Waals surface area contributed by atoms with Crippen molar-refractivity contribution < 1.29 is 14.6 Å². The number of hydrogen-bond acceptors (Lipinski definition) is 4. The molecule has 23 heavy (non-hydrogen) atoms.